The minimum Gasteiger partial charge on any atom is -0.455 e. The predicted molar refractivity (Wildman–Crippen MR) is 365 cm³/mol. The molecule has 3 aromatic heterocycles. The predicted octanol–water partition coefficient (Wildman–Crippen LogP) is 21.3. The Hall–Kier alpha value is -7.54. The van der Waals surface area contributed by atoms with E-state index in [2.05, 4.69) is 283 Å². The smallest absolute Gasteiger partial charge is 0.333 e. The first-order chi connectivity index (χ1) is 39.7. The SMILES string of the molecule is CC(C)(C)c1ccc(N2B3c4cc(C(C)(C)C)ccc4-n4c5cc(N(c6ccc(C(C)(C)C)cc6)c6ccc(C(C)(C)C)cc6)ccc5c5c6oc7ccccc7c6c(c3c54)-c3cc4c(cc32)sc2cc3c(cc24)C(C)(C)CCC3(C)C)cc1. The molecule has 0 saturated heterocycles. The molecule has 0 spiro atoms. The molecule has 9 aromatic carbocycles. The molecule has 2 aliphatic heterocycles. The van der Waals surface area contributed by atoms with E-state index in [9.17, 15) is 0 Å². The molecule has 84 heavy (non-hydrogen) atoms. The van der Waals surface area contributed by atoms with Gasteiger partial charge in [0.05, 0.1) is 16.4 Å². The molecule has 12 aromatic rings. The van der Waals surface area contributed by atoms with Crippen LogP contribution in [0.5, 0.6) is 0 Å². The van der Waals surface area contributed by atoms with Gasteiger partial charge >= 0.3 is 6.85 Å². The zero-order valence-corrected chi connectivity index (χ0v) is 53.0. The summed E-state index contributed by atoms with van der Waals surface area (Å²) in [5.41, 5.74) is 24.8. The van der Waals surface area contributed by atoms with Crippen molar-refractivity contribution >= 4 is 121 Å². The van der Waals surface area contributed by atoms with Gasteiger partial charge in [-0.05, 0) is 186 Å². The van der Waals surface area contributed by atoms with Crippen molar-refractivity contribution < 1.29 is 4.42 Å². The van der Waals surface area contributed by atoms with Crippen LogP contribution >= 0.6 is 11.3 Å². The lowest BCUT2D eigenvalue weighted by Crippen LogP contribution is -2.60. The van der Waals surface area contributed by atoms with Gasteiger partial charge in [0.2, 0.25) is 0 Å². The molecular weight excluding hydrogens is 1040 g/mol. The van der Waals surface area contributed by atoms with Crippen molar-refractivity contribution in [1.82, 2.24) is 4.57 Å². The molecule has 1 aliphatic carbocycles. The molecule has 0 radical (unpaired) electrons. The number of furan rings is 1. The monoisotopic (exact) mass is 1120 g/mol. The highest BCUT2D eigenvalue weighted by molar-refractivity contribution is 7.26. The highest BCUT2D eigenvalue weighted by atomic mass is 32.1. The Morgan fingerprint density at radius 1 is 0.488 bits per heavy atom. The Kier molecular flexibility index (Phi) is 11.1. The van der Waals surface area contributed by atoms with E-state index in [0.29, 0.717) is 0 Å². The molecule has 0 bridgehead atoms. The fourth-order valence-corrected chi connectivity index (χ4v) is 15.9. The first kappa shape index (κ1) is 53.2. The fraction of sp³-hybridized carbons (Fsp3) is 0.308. The third-order valence-electron chi connectivity index (χ3n) is 19.9. The van der Waals surface area contributed by atoms with E-state index in [4.69, 9.17) is 4.42 Å². The van der Waals surface area contributed by atoms with E-state index < -0.39 is 0 Å². The lowest BCUT2D eigenvalue weighted by molar-refractivity contribution is 0.332. The zero-order chi connectivity index (χ0) is 58.7. The molecule has 3 aliphatic rings. The maximum Gasteiger partial charge on any atom is 0.333 e. The summed E-state index contributed by atoms with van der Waals surface area (Å²) in [5.74, 6) is 0. The number of aromatic nitrogens is 1. The molecule has 0 atom stereocenters. The van der Waals surface area contributed by atoms with E-state index in [0.717, 1.165) is 44.5 Å². The van der Waals surface area contributed by atoms with Gasteiger partial charge in [-0.1, -0.05) is 178 Å². The molecule has 15 rings (SSSR count). The van der Waals surface area contributed by atoms with Crippen molar-refractivity contribution in [3.63, 3.8) is 0 Å². The van der Waals surface area contributed by atoms with Crippen molar-refractivity contribution in [2.24, 2.45) is 0 Å². The number of hydrogen-bond acceptors (Lipinski definition) is 4. The first-order valence-electron chi connectivity index (χ1n) is 30.7. The number of hydrogen-bond donors (Lipinski definition) is 0. The van der Waals surface area contributed by atoms with Crippen molar-refractivity contribution in [3.05, 3.63) is 191 Å². The number of thiophene rings is 1. The van der Waals surface area contributed by atoms with E-state index in [1.54, 1.807) is 0 Å². The first-order valence-corrected chi connectivity index (χ1v) is 31.5. The number of rotatable bonds is 4. The van der Waals surface area contributed by atoms with Crippen LogP contribution in [0, 0.1) is 0 Å². The Balaban J connectivity index is 1.10. The number of anilines is 5. The molecule has 0 unspecified atom stereocenters. The number of para-hydroxylation sites is 1. The Bertz CT molecular complexity index is 4690. The Morgan fingerprint density at radius 2 is 1.02 bits per heavy atom. The van der Waals surface area contributed by atoms with Crippen LogP contribution in [-0.2, 0) is 32.5 Å². The minimum absolute atomic E-state index is 0.00322. The fourth-order valence-electron chi connectivity index (χ4n) is 14.8. The molecule has 0 amide bonds. The van der Waals surface area contributed by atoms with Crippen LogP contribution < -0.4 is 20.6 Å². The normalized spacial score (nSPS) is 15.7. The number of nitrogens with zero attached hydrogens (tertiary/aromatic N) is 3. The highest BCUT2D eigenvalue weighted by Gasteiger charge is 2.47. The van der Waals surface area contributed by atoms with Crippen molar-refractivity contribution in [2.75, 3.05) is 9.71 Å². The third kappa shape index (κ3) is 7.84. The van der Waals surface area contributed by atoms with E-state index in [1.165, 1.54) is 122 Å². The van der Waals surface area contributed by atoms with Crippen LogP contribution in [0.1, 0.15) is 157 Å². The summed E-state index contributed by atoms with van der Waals surface area (Å²) in [6, 6.07) is 61.9. The average Bonchev–Trinajstić information content (AvgIpc) is 1.42. The molecule has 420 valence electrons. The van der Waals surface area contributed by atoms with Gasteiger partial charge in [0, 0.05) is 76.0 Å². The van der Waals surface area contributed by atoms with Crippen LogP contribution in [0.25, 0.3) is 80.7 Å². The second-order valence-corrected chi connectivity index (χ2v) is 31.6. The second-order valence-electron chi connectivity index (χ2n) is 30.5. The van der Waals surface area contributed by atoms with Crippen LogP contribution in [0.15, 0.2) is 162 Å². The van der Waals surface area contributed by atoms with E-state index in [-0.39, 0.29) is 39.3 Å². The largest absolute Gasteiger partial charge is 0.455 e. The summed E-state index contributed by atoms with van der Waals surface area (Å²) < 4.78 is 12.8. The van der Waals surface area contributed by atoms with Gasteiger partial charge in [0.25, 0.3) is 0 Å². The molecule has 6 heteroatoms. The second kappa shape index (κ2) is 17.5. The number of fused-ring (bicyclic) bond motifs is 17. The lowest BCUT2D eigenvalue weighted by Gasteiger charge is -2.42. The Labute approximate surface area is 501 Å². The zero-order valence-electron chi connectivity index (χ0n) is 52.2. The van der Waals surface area contributed by atoms with E-state index in [1.807, 2.05) is 11.3 Å². The highest BCUT2D eigenvalue weighted by Crippen LogP contribution is 2.55. The van der Waals surface area contributed by atoms with Gasteiger partial charge < -0.3 is 18.7 Å². The van der Waals surface area contributed by atoms with Crippen molar-refractivity contribution in [2.45, 2.75) is 156 Å². The molecular formula is C78H78BN3OS. The summed E-state index contributed by atoms with van der Waals surface area (Å²) in [7, 11) is 0. The quantitative estimate of drug-likeness (QED) is 0.164. The summed E-state index contributed by atoms with van der Waals surface area (Å²) in [5, 5.41) is 7.38. The van der Waals surface area contributed by atoms with Crippen LogP contribution in [0.4, 0.5) is 28.4 Å². The van der Waals surface area contributed by atoms with E-state index >= 15 is 0 Å². The standard InChI is InChI=1S/C78H78BN3OS/c1-73(2,3)45-21-28-49(29-22-45)80(50-30-23-46(24-31-50)74(4,5)6)52-34-35-53-62(40-52)81-61-36-27-48(76(10,11)12)39-60(61)79-70-67(68-54-19-17-18-20-64(54)83-72(68)69(53)71(70)81)57-41-55-56-42-58-59(78(15,16)38-37-77(58,13)14)43-65(56)84-66(55)44-63(57)82(79)51-32-25-47(26-33-51)75(7,8)9/h17-36,39-44H,37-38H2,1-16H3. The maximum absolute atomic E-state index is 7.44. The summed E-state index contributed by atoms with van der Waals surface area (Å²) in [6.45, 7) is 37.5. The van der Waals surface area contributed by atoms with Gasteiger partial charge in [-0.3, -0.25) is 0 Å². The van der Waals surface area contributed by atoms with Crippen LogP contribution in [0.2, 0.25) is 0 Å². The van der Waals surface area contributed by atoms with Gasteiger partial charge in [-0.15, -0.1) is 11.3 Å². The number of benzene rings is 9. The lowest BCUT2D eigenvalue weighted by atomic mass is 9.43. The minimum atomic E-state index is -0.179. The van der Waals surface area contributed by atoms with Crippen LogP contribution in [0.3, 0.4) is 0 Å². The van der Waals surface area contributed by atoms with Crippen LogP contribution in [-0.4, -0.2) is 11.4 Å². The average molecular weight is 1120 g/mol. The third-order valence-corrected chi connectivity index (χ3v) is 21.0. The molecule has 5 heterocycles. The topological polar surface area (TPSA) is 24.6 Å². The molecule has 0 saturated carbocycles. The van der Waals surface area contributed by atoms with Gasteiger partial charge in [-0.25, -0.2) is 0 Å². The van der Waals surface area contributed by atoms with Gasteiger partial charge in [0.15, 0.2) is 0 Å². The maximum atomic E-state index is 7.44. The Morgan fingerprint density at radius 3 is 1.63 bits per heavy atom. The van der Waals surface area contributed by atoms with Gasteiger partial charge in [-0.2, -0.15) is 0 Å². The molecule has 4 nitrogen and oxygen atoms in total. The molecule has 0 N–H and O–H groups in total. The summed E-state index contributed by atoms with van der Waals surface area (Å²) >= 11 is 1.97. The molecule has 0 fully saturated rings. The summed E-state index contributed by atoms with van der Waals surface area (Å²) in [4.78, 5) is 5.19. The summed E-state index contributed by atoms with van der Waals surface area (Å²) in [6.07, 6.45) is 2.36. The van der Waals surface area contributed by atoms with Crippen molar-refractivity contribution in [1.29, 1.82) is 0 Å². The van der Waals surface area contributed by atoms with Gasteiger partial charge in [0.1, 0.15) is 11.2 Å². The van der Waals surface area contributed by atoms with Crippen molar-refractivity contribution in [3.8, 4) is 16.8 Å².